The Morgan fingerprint density at radius 1 is 1.71 bits per heavy atom. The first-order valence-electron chi connectivity index (χ1n) is 2.33. The molecule has 1 nitrogen and oxygen atoms in total. The summed E-state index contributed by atoms with van der Waals surface area (Å²) in [6.07, 6.45) is 4.67. The van der Waals surface area contributed by atoms with E-state index >= 15 is 0 Å². The molecule has 1 aliphatic heterocycles. The summed E-state index contributed by atoms with van der Waals surface area (Å²) in [6, 6.07) is 0. The van der Waals surface area contributed by atoms with Crippen LogP contribution in [-0.2, 0) is 4.74 Å². The van der Waals surface area contributed by atoms with Crippen LogP contribution in [0.15, 0.2) is 24.5 Å². The first kappa shape index (κ1) is 4.44. The minimum Gasteiger partial charge on any atom is -0.497 e. The van der Waals surface area contributed by atoms with Gasteiger partial charge in [0.1, 0.15) is 6.61 Å². The third-order valence-corrected chi connectivity index (χ3v) is 0.886. The normalized spacial score (nSPS) is 19.1. The highest BCUT2D eigenvalue weighted by molar-refractivity contribution is 5.04. The van der Waals surface area contributed by atoms with Gasteiger partial charge in [0.25, 0.3) is 0 Å². The molecule has 0 amide bonds. The van der Waals surface area contributed by atoms with Crippen molar-refractivity contribution in [3.05, 3.63) is 24.5 Å². The number of hydrogen-bond donors (Lipinski definition) is 0. The summed E-state index contributed by atoms with van der Waals surface area (Å²) in [4.78, 5) is 0. The van der Waals surface area contributed by atoms with E-state index in [0.29, 0.717) is 6.61 Å². The van der Waals surface area contributed by atoms with Crippen LogP contribution in [0.3, 0.4) is 0 Å². The van der Waals surface area contributed by atoms with E-state index in [4.69, 9.17) is 4.74 Å². The van der Waals surface area contributed by atoms with Gasteiger partial charge in [-0.1, -0.05) is 6.58 Å². The number of hydrogen-bond acceptors (Lipinski definition) is 1. The van der Waals surface area contributed by atoms with Gasteiger partial charge in [0, 0.05) is 0 Å². The predicted molar refractivity (Wildman–Crippen MR) is 28.8 cm³/mol. The van der Waals surface area contributed by atoms with Gasteiger partial charge < -0.3 is 4.74 Å². The Hall–Kier alpha value is -0.720. The Bertz CT molecular complexity index is 103. The fourth-order valence-corrected chi connectivity index (χ4v) is 0.508. The van der Waals surface area contributed by atoms with Crippen LogP contribution in [0.5, 0.6) is 0 Å². The van der Waals surface area contributed by atoms with Crippen molar-refractivity contribution < 1.29 is 4.74 Å². The van der Waals surface area contributed by atoms with E-state index in [9.17, 15) is 0 Å². The van der Waals surface area contributed by atoms with Crippen molar-refractivity contribution in [2.45, 2.75) is 6.42 Å². The topological polar surface area (TPSA) is 9.23 Å². The second-order valence-corrected chi connectivity index (χ2v) is 1.64. The van der Waals surface area contributed by atoms with Crippen LogP contribution in [0, 0.1) is 0 Å². The molecular weight excluding hydrogens is 88.1 g/mol. The lowest BCUT2D eigenvalue weighted by Crippen LogP contribution is -1.94. The quantitative estimate of drug-likeness (QED) is 0.415. The van der Waals surface area contributed by atoms with Crippen molar-refractivity contribution in [1.29, 1.82) is 0 Å². The van der Waals surface area contributed by atoms with Crippen molar-refractivity contribution in [3.8, 4) is 0 Å². The SMILES string of the molecule is C=C1CC=COC1. The van der Waals surface area contributed by atoms with Gasteiger partial charge >= 0.3 is 0 Å². The Balaban J connectivity index is 2.47. The molecule has 0 fully saturated rings. The molecule has 0 aromatic heterocycles. The molecule has 0 N–H and O–H groups in total. The molecular formula is C6H8O. The summed E-state index contributed by atoms with van der Waals surface area (Å²) in [5.74, 6) is 0. The van der Waals surface area contributed by atoms with Crippen molar-refractivity contribution in [1.82, 2.24) is 0 Å². The highest BCUT2D eigenvalue weighted by atomic mass is 16.5. The van der Waals surface area contributed by atoms with Gasteiger partial charge in [0.2, 0.25) is 0 Å². The highest BCUT2D eigenvalue weighted by Gasteiger charge is 1.93. The summed E-state index contributed by atoms with van der Waals surface area (Å²) in [5.41, 5.74) is 1.16. The Kier molecular flexibility index (Phi) is 1.16. The van der Waals surface area contributed by atoms with Gasteiger partial charge in [0.15, 0.2) is 0 Å². The summed E-state index contributed by atoms with van der Waals surface area (Å²) >= 11 is 0. The fourth-order valence-electron chi connectivity index (χ4n) is 0.508. The van der Waals surface area contributed by atoms with E-state index < -0.39 is 0 Å². The van der Waals surface area contributed by atoms with Gasteiger partial charge in [0.05, 0.1) is 6.26 Å². The van der Waals surface area contributed by atoms with E-state index in [1.54, 1.807) is 6.26 Å². The smallest absolute Gasteiger partial charge is 0.108 e. The summed E-state index contributed by atoms with van der Waals surface area (Å²) in [7, 11) is 0. The lowest BCUT2D eigenvalue weighted by Gasteiger charge is -2.06. The summed E-state index contributed by atoms with van der Waals surface area (Å²) in [6.45, 7) is 4.44. The first-order valence-corrected chi connectivity index (χ1v) is 2.33. The number of allylic oxidation sites excluding steroid dienone is 1. The van der Waals surface area contributed by atoms with Crippen LogP contribution in [0.25, 0.3) is 0 Å². The van der Waals surface area contributed by atoms with Gasteiger partial charge in [-0.3, -0.25) is 0 Å². The van der Waals surface area contributed by atoms with Crippen LogP contribution in [0.1, 0.15) is 6.42 Å². The molecule has 0 spiro atoms. The van der Waals surface area contributed by atoms with Crippen LogP contribution in [0.4, 0.5) is 0 Å². The molecule has 1 heteroatoms. The van der Waals surface area contributed by atoms with E-state index in [-0.39, 0.29) is 0 Å². The molecule has 0 atom stereocenters. The highest BCUT2D eigenvalue weighted by Crippen LogP contribution is 2.04. The molecule has 38 valence electrons. The lowest BCUT2D eigenvalue weighted by atomic mass is 10.2. The number of rotatable bonds is 0. The maximum absolute atomic E-state index is 4.90. The van der Waals surface area contributed by atoms with Crippen LogP contribution >= 0.6 is 0 Å². The molecule has 1 rings (SSSR count). The van der Waals surface area contributed by atoms with Crippen molar-refractivity contribution in [2.24, 2.45) is 0 Å². The average molecular weight is 96.1 g/mol. The first-order chi connectivity index (χ1) is 3.39. The molecule has 0 bridgehead atoms. The second-order valence-electron chi connectivity index (χ2n) is 1.64. The number of ether oxygens (including phenoxy) is 1. The van der Waals surface area contributed by atoms with Gasteiger partial charge in [-0.2, -0.15) is 0 Å². The molecule has 0 aromatic carbocycles. The third kappa shape index (κ3) is 1.07. The third-order valence-electron chi connectivity index (χ3n) is 0.886. The maximum Gasteiger partial charge on any atom is 0.108 e. The van der Waals surface area contributed by atoms with Crippen molar-refractivity contribution >= 4 is 0 Å². The van der Waals surface area contributed by atoms with Crippen LogP contribution < -0.4 is 0 Å². The van der Waals surface area contributed by atoms with E-state index in [1.165, 1.54) is 0 Å². The standard InChI is InChI=1S/C6H8O/c1-6-3-2-4-7-5-6/h2,4H,1,3,5H2. The Labute approximate surface area is 43.3 Å². The zero-order valence-electron chi connectivity index (χ0n) is 4.18. The molecule has 7 heavy (non-hydrogen) atoms. The molecule has 0 aliphatic carbocycles. The summed E-state index contributed by atoms with van der Waals surface area (Å²) in [5, 5.41) is 0. The fraction of sp³-hybridized carbons (Fsp3) is 0.333. The van der Waals surface area contributed by atoms with E-state index in [2.05, 4.69) is 6.58 Å². The lowest BCUT2D eigenvalue weighted by molar-refractivity contribution is 0.268. The molecule has 1 heterocycles. The Morgan fingerprint density at radius 3 is 2.86 bits per heavy atom. The van der Waals surface area contributed by atoms with Crippen molar-refractivity contribution in [2.75, 3.05) is 6.61 Å². The molecule has 0 radical (unpaired) electrons. The molecule has 0 unspecified atom stereocenters. The monoisotopic (exact) mass is 96.1 g/mol. The van der Waals surface area contributed by atoms with Gasteiger partial charge in [-0.15, -0.1) is 0 Å². The second kappa shape index (κ2) is 1.82. The van der Waals surface area contributed by atoms with Crippen LogP contribution in [-0.4, -0.2) is 6.61 Å². The molecule has 1 aliphatic rings. The van der Waals surface area contributed by atoms with Gasteiger partial charge in [-0.25, -0.2) is 0 Å². The molecule has 0 aromatic rings. The van der Waals surface area contributed by atoms with Crippen molar-refractivity contribution in [3.63, 3.8) is 0 Å². The minimum absolute atomic E-state index is 0.705. The minimum atomic E-state index is 0.705. The maximum atomic E-state index is 4.90. The largest absolute Gasteiger partial charge is 0.497 e. The zero-order valence-corrected chi connectivity index (χ0v) is 4.18. The average Bonchev–Trinajstić information content (AvgIpc) is 1.69. The van der Waals surface area contributed by atoms with E-state index in [0.717, 1.165) is 12.0 Å². The molecule has 0 saturated carbocycles. The van der Waals surface area contributed by atoms with E-state index in [1.807, 2.05) is 6.08 Å². The van der Waals surface area contributed by atoms with Crippen LogP contribution in [0.2, 0.25) is 0 Å². The zero-order chi connectivity index (χ0) is 5.11. The summed E-state index contributed by atoms with van der Waals surface area (Å²) < 4.78 is 4.90. The van der Waals surface area contributed by atoms with Gasteiger partial charge in [-0.05, 0) is 18.1 Å². The Morgan fingerprint density at radius 2 is 2.57 bits per heavy atom. The molecule has 0 saturated heterocycles. The predicted octanol–water partition coefficient (Wildman–Crippen LogP) is 1.48.